The molecule has 0 aliphatic rings. The van der Waals surface area contributed by atoms with E-state index in [9.17, 15) is 13.2 Å². The van der Waals surface area contributed by atoms with Crippen LogP contribution in [0.3, 0.4) is 0 Å². The highest BCUT2D eigenvalue weighted by Crippen LogP contribution is 2.15. The quantitative estimate of drug-likeness (QED) is 0.572. The van der Waals surface area contributed by atoms with Gasteiger partial charge in [0.1, 0.15) is 0 Å². The molecule has 0 fully saturated rings. The van der Waals surface area contributed by atoms with Crippen LogP contribution < -0.4 is 10.5 Å². The molecule has 0 aliphatic heterocycles. The second kappa shape index (κ2) is 7.25. The number of nitrogens with one attached hydrogen (secondary N) is 1. The molecule has 6 nitrogen and oxygen atoms in total. The summed E-state index contributed by atoms with van der Waals surface area (Å²) in [5.41, 5.74) is 6.01. The SMILES string of the molecule is COC(=O)CS(=O)(=O)NCc1sccc1C#CCN. The third-order valence-corrected chi connectivity index (χ3v) is 4.18. The van der Waals surface area contributed by atoms with Gasteiger partial charge in [-0.25, -0.2) is 13.1 Å². The van der Waals surface area contributed by atoms with Crippen LogP contribution in [0.4, 0.5) is 0 Å². The van der Waals surface area contributed by atoms with Gasteiger partial charge in [-0.1, -0.05) is 11.8 Å². The van der Waals surface area contributed by atoms with Crippen molar-refractivity contribution in [3.05, 3.63) is 21.9 Å². The molecule has 0 aliphatic carbocycles. The fourth-order valence-electron chi connectivity index (χ4n) is 1.18. The number of thiophene rings is 1. The fraction of sp³-hybridized carbons (Fsp3) is 0.364. The van der Waals surface area contributed by atoms with Gasteiger partial charge in [0.2, 0.25) is 10.0 Å². The largest absolute Gasteiger partial charge is 0.468 e. The van der Waals surface area contributed by atoms with Crippen LogP contribution in [0.15, 0.2) is 11.4 Å². The Balaban J connectivity index is 2.67. The molecule has 0 saturated carbocycles. The first-order valence-corrected chi connectivity index (χ1v) is 7.81. The van der Waals surface area contributed by atoms with E-state index in [1.807, 2.05) is 5.38 Å². The van der Waals surface area contributed by atoms with E-state index in [0.717, 1.165) is 17.6 Å². The first-order valence-electron chi connectivity index (χ1n) is 5.28. The molecule has 1 aromatic heterocycles. The van der Waals surface area contributed by atoms with Crippen molar-refractivity contribution in [1.82, 2.24) is 4.72 Å². The highest BCUT2D eigenvalue weighted by Gasteiger charge is 2.17. The molecule has 0 amide bonds. The van der Waals surface area contributed by atoms with Crippen LogP contribution in [0.1, 0.15) is 10.4 Å². The van der Waals surface area contributed by atoms with Gasteiger partial charge in [-0.2, -0.15) is 0 Å². The summed E-state index contributed by atoms with van der Waals surface area (Å²) < 4.78 is 29.7. The number of ether oxygens (including phenoxy) is 1. The van der Waals surface area contributed by atoms with Crippen molar-refractivity contribution in [2.24, 2.45) is 5.73 Å². The summed E-state index contributed by atoms with van der Waals surface area (Å²) in [6.45, 7) is 0.328. The zero-order chi connectivity index (χ0) is 14.3. The minimum atomic E-state index is -3.70. The van der Waals surface area contributed by atoms with Crippen molar-refractivity contribution in [1.29, 1.82) is 0 Å². The maximum absolute atomic E-state index is 11.6. The van der Waals surface area contributed by atoms with E-state index in [0.29, 0.717) is 0 Å². The van der Waals surface area contributed by atoms with E-state index in [-0.39, 0.29) is 13.1 Å². The molecule has 0 aromatic carbocycles. The van der Waals surface area contributed by atoms with Crippen LogP contribution >= 0.6 is 11.3 Å². The van der Waals surface area contributed by atoms with Gasteiger partial charge in [0.05, 0.1) is 13.7 Å². The highest BCUT2D eigenvalue weighted by molar-refractivity contribution is 7.90. The second-order valence-electron chi connectivity index (χ2n) is 3.42. The minimum absolute atomic E-state index is 0.0889. The van der Waals surface area contributed by atoms with Crippen LogP contribution in [0, 0.1) is 11.8 Å². The lowest BCUT2D eigenvalue weighted by atomic mass is 10.2. The molecule has 0 atom stereocenters. The third-order valence-electron chi connectivity index (χ3n) is 2.06. The molecule has 0 saturated heterocycles. The molecule has 1 heterocycles. The van der Waals surface area contributed by atoms with E-state index in [1.54, 1.807) is 6.07 Å². The van der Waals surface area contributed by atoms with Gasteiger partial charge in [-0.05, 0) is 11.4 Å². The maximum Gasteiger partial charge on any atom is 0.322 e. The summed E-state index contributed by atoms with van der Waals surface area (Å²) in [6, 6.07) is 1.79. The molecule has 1 rings (SSSR count). The molecule has 0 radical (unpaired) electrons. The Bertz CT molecular complexity index is 596. The van der Waals surface area contributed by atoms with Crippen molar-refractivity contribution < 1.29 is 17.9 Å². The Hall–Kier alpha value is -1.40. The fourth-order valence-corrected chi connectivity index (χ4v) is 2.93. The summed E-state index contributed by atoms with van der Waals surface area (Å²) in [4.78, 5) is 11.7. The lowest BCUT2D eigenvalue weighted by Crippen LogP contribution is -2.30. The average Bonchev–Trinajstić information content (AvgIpc) is 2.80. The predicted molar refractivity (Wildman–Crippen MR) is 72.9 cm³/mol. The molecule has 0 bridgehead atoms. The minimum Gasteiger partial charge on any atom is -0.468 e. The number of nitrogens with two attached hydrogens (primary N) is 1. The molecule has 3 N–H and O–H groups in total. The average molecular weight is 302 g/mol. The number of carbonyl (C=O) groups is 1. The molecule has 0 spiro atoms. The normalized spacial score (nSPS) is 10.6. The van der Waals surface area contributed by atoms with Crippen LogP contribution in [0.2, 0.25) is 0 Å². The van der Waals surface area contributed by atoms with Gasteiger partial charge in [-0.15, -0.1) is 11.3 Å². The van der Waals surface area contributed by atoms with Crippen molar-refractivity contribution in [2.75, 3.05) is 19.4 Å². The number of rotatable bonds is 5. The van der Waals surface area contributed by atoms with E-state index in [1.165, 1.54) is 11.3 Å². The van der Waals surface area contributed by atoms with Crippen molar-refractivity contribution in [3.63, 3.8) is 0 Å². The van der Waals surface area contributed by atoms with Gasteiger partial charge in [0.25, 0.3) is 0 Å². The molecule has 1 aromatic rings. The maximum atomic E-state index is 11.6. The lowest BCUT2D eigenvalue weighted by molar-refractivity contribution is -0.137. The van der Waals surface area contributed by atoms with E-state index in [4.69, 9.17) is 5.73 Å². The van der Waals surface area contributed by atoms with Gasteiger partial charge in [-0.3, -0.25) is 4.79 Å². The van der Waals surface area contributed by atoms with Crippen LogP contribution in [0.5, 0.6) is 0 Å². The number of esters is 1. The Morgan fingerprint density at radius 3 is 2.95 bits per heavy atom. The third kappa shape index (κ3) is 5.40. The first-order chi connectivity index (χ1) is 8.98. The highest BCUT2D eigenvalue weighted by atomic mass is 32.2. The Morgan fingerprint density at radius 1 is 1.58 bits per heavy atom. The zero-order valence-electron chi connectivity index (χ0n) is 10.3. The number of methoxy groups -OCH3 is 1. The summed E-state index contributed by atoms with van der Waals surface area (Å²) in [5.74, 6) is 4.05. The van der Waals surface area contributed by atoms with Crippen molar-refractivity contribution >= 4 is 27.3 Å². The summed E-state index contributed by atoms with van der Waals surface area (Å²) in [5, 5.41) is 1.81. The van der Waals surface area contributed by atoms with Gasteiger partial charge in [0, 0.05) is 17.0 Å². The number of carbonyl (C=O) groups excluding carboxylic acids is 1. The molecule has 104 valence electrons. The molecular weight excluding hydrogens is 288 g/mol. The number of hydrogen-bond acceptors (Lipinski definition) is 6. The number of hydrogen-bond donors (Lipinski definition) is 2. The van der Waals surface area contributed by atoms with Crippen molar-refractivity contribution in [3.8, 4) is 11.8 Å². The van der Waals surface area contributed by atoms with Crippen LogP contribution in [0.25, 0.3) is 0 Å². The predicted octanol–water partition coefficient (Wildman–Crippen LogP) is -0.349. The topological polar surface area (TPSA) is 98.5 Å². The van der Waals surface area contributed by atoms with Crippen molar-refractivity contribution in [2.45, 2.75) is 6.54 Å². The summed E-state index contributed by atoms with van der Waals surface area (Å²) in [6.07, 6.45) is 0. The van der Waals surface area contributed by atoms with Gasteiger partial charge in [0.15, 0.2) is 5.75 Å². The molecule has 19 heavy (non-hydrogen) atoms. The smallest absolute Gasteiger partial charge is 0.322 e. The van der Waals surface area contributed by atoms with E-state index < -0.39 is 21.7 Å². The lowest BCUT2D eigenvalue weighted by Gasteiger charge is -2.04. The summed E-state index contributed by atoms with van der Waals surface area (Å²) in [7, 11) is -2.56. The number of sulfonamides is 1. The van der Waals surface area contributed by atoms with E-state index >= 15 is 0 Å². The monoisotopic (exact) mass is 302 g/mol. The second-order valence-corrected chi connectivity index (χ2v) is 6.23. The Morgan fingerprint density at radius 2 is 2.32 bits per heavy atom. The summed E-state index contributed by atoms with van der Waals surface area (Å²) >= 11 is 1.38. The molecule has 0 unspecified atom stereocenters. The van der Waals surface area contributed by atoms with Gasteiger partial charge < -0.3 is 10.5 Å². The Kier molecular flexibility index (Phi) is 5.98. The standard InChI is InChI=1S/C11H14N2O4S2/c1-17-11(14)8-19(15,16)13-7-10-9(3-2-5-12)4-6-18-10/h4,6,13H,5,7-8,12H2,1H3. The zero-order valence-corrected chi connectivity index (χ0v) is 11.9. The van der Waals surface area contributed by atoms with Gasteiger partial charge >= 0.3 is 5.97 Å². The molecule has 8 heteroatoms. The van der Waals surface area contributed by atoms with Crippen LogP contribution in [-0.2, 0) is 26.1 Å². The molecular formula is C11H14N2O4S2. The van der Waals surface area contributed by atoms with Crippen LogP contribution in [-0.4, -0.2) is 33.8 Å². The first kappa shape index (κ1) is 15.7. The van der Waals surface area contributed by atoms with E-state index in [2.05, 4.69) is 21.3 Å². The Labute approximate surface area is 116 Å².